The van der Waals surface area contributed by atoms with Crippen molar-refractivity contribution in [2.75, 3.05) is 32.7 Å². The van der Waals surface area contributed by atoms with Crippen LogP contribution in [0.2, 0.25) is 0 Å². The molecular formula is C20H31FN4O. The molecule has 0 spiro atoms. The molecule has 1 aromatic carbocycles. The first-order chi connectivity index (χ1) is 12.6. The number of hydrogen-bond donors (Lipinski definition) is 2. The minimum atomic E-state index is -0.256. The number of ether oxygens (including phenoxy) is 1. The Balaban J connectivity index is 1.43. The summed E-state index contributed by atoms with van der Waals surface area (Å²) >= 11 is 0. The number of aliphatic imine (C=N–C) groups is 1. The number of nitrogens with one attached hydrogen (secondary N) is 2. The Kier molecular flexibility index (Phi) is 6.72. The zero-order valence-corrected chi connectivity index (χ0v) is 15.9. The Bertz CT molecular complexity index is 588. The average molecular weight is 362 g/mol. The summed E-state index contributed by atoms with van der Waals surface area (Å²) in [5.74, 6) is 1.95. The van der Waals surface area contributed by atoms with Crippen LogP contribution in [0.4, 0.5) is 4.39 Å². The minimum Gasteiger partial charge on any atom is -0.489 e. The number of nitrogens with zero attached hydrogens (tertiary/aromatic N) is 2. The van der Waals surface area contributed by atoms with E-state index >= 15 is 0 Å². The van der Waals surface area contributed by atoms with Crippen molar-refractivity contribution in [2.45, 2.75) is 45.3 Å². The first-order valence-corrected chi connectivity index (χ1v) is 9.82. The van der Waals surface area contributed by atoms with Crippen molar-refractivity contribution >= 4 is 5.96 Å². The second-order valence-corrected chi connectivity index (χ2v) is 7.36. The van der Waals surface area contributed by atoms with Gasteiger partial charge in [0, 0.05) is 25.7 Å². The van der Waals surface area contributed by atoms with E-state index < -0.39 is 0 Å². The van der Waals surface area contributed by atoms with Gasteiger partial charge < -0.3 is 20.3 Å². The second-order valence-electron chi connectivity index (χ2n) is 7.36. The van der Waals surface area contributed by atoms with Crippen molar-refractivity contribution in [2.24, 2.45) is 10.9 Å². The van der Waals surface area contributed by atoms with Gasteiger partial charge >= 0.3 is 0 Å². The van der Waals surface area contributed by atoms with Gasteiger partial charge in [0.25, 0.3) is 0 Å². The van der Waals surface area contributed by atoms with E-state index in [1.54, 1.807) is 12.1 Å². The molecule has 0 bridgehead atoms. The molecule has 144 valence electrons. The van der Waals surface area contributed by atoms with E-state index in [0.29, 0.717) is 18.2 Å². The van der Waals surface area contributed by atoms with Gasteiger partial charge in [-0.15, -0.1) is 0 Å². The maximum atomic E-state index is 13.0. The molecule has 2 aliphatic rings. The Labute approximate surface area is 156 Å². The molecule has 3 rings (SSSR count). The highest BCUT2D eigenvalue weighted by Crippen LogP contribution is 2.31. The topological polar surface area (TPSA) is 48.9 Å². The van der Waals surface area contributed by atoms with Crippen molar-refractivity contribution in [3.8, 4) is 5.75 Å². The zero-order chi connectivity index (χ0) is 18.4. The van der Waals surface area contributed by atoms with E-state index in [4.69, 9.17) is 4.74 Å². The van der Waals surface area contributed by atoms with Gasteiger partial charge in [-0.25, -0.2) is 9.38 Å². The highest BCUT2D eigenvalue weighted by Gasteiger charge is 2.34. The number of likely N-dealkylation sites (tertiary alicyclic amines) is 1. The molecule has 0 amide bonds. The van der Waals surface area contributed by atoms with Gasteiger partial charge in [0.2, 0.25) is 0 Å². The fourth-order valence-corrected chi connectivity index (χ4v) is 3.39. The van der Waals surface area contributed by atoms with Gasteiger partial charge in [-0.2, -0.15) is 0 Å². The van der Waals surface area contributed by atoms with Crippen molar-refractivity contribution in [3.05, 3.63) is 30.1 Å². The molecule has 1 saturated carbocycles. The standard InChI is InChI=1S/C20H31FN4O/c1-3-22-20(24-13-16-10-11-25(14-16)18-6-7-18)23-12-15(2)26-19-8-4-17(21)5-9-19/h4-5,8-9,15-16,18H,3,6-7,10-14H2,1-2H3,(H2,22,23,24). The van der Waals surface area contributed by atoms with E-state index in [2.05, 4.69) is 27.4 Å². The van der Waals surface area contributed by atoms with Crippen LogP contribution in [-0.2, 0) is 0 Å². The number of halogens is 1. The Morgan fingerprint density at radius 3 is 2.73 bits per heavy atom. The largest absolute Gasteiger partial charge is 0.489 e. The Morgan fingerprint density at radius 2 is 2.04 bits per heavy atom. The minimum absolute atomic E-state index is 0.0762. The number of rotatable bonds is 8. The third-order valence-electron chi connectivity index (χ3n) is 4.94. The van der Waals surface area contributed by atoms with E-state index in [0.717, 1.165) is 25.1 Å². The maximum Gasteiger partial charge on any atom is 0.191 e. The van der Waals surface area contributed by atoms with E-state index in [1.165, 1.54) is 44.5 Å². The zero-order valence-electron chi connectivity index (χ0n) is 15.9. The van der Waals surface area contributed by atoms with Crippen LogP contribution < -0.4 is 15.4 Å². The van der Waals surface area contributed by atoms with Crippen molar-refractivity contribution in [1.82, 2.24) is 15.5 Å². The van der Waals surface area contributed by atoms with Crippen LogP contribution in [0.3, 0.4) is 0 Å². The van der Waals surface area contributed by atoms with Crippen molar-refractivity contribution in [3.63, 3.8) is 0 Å². The summed E-state index contributed by atoms with van der Waals surface area (Å²) < 4.78 is 18.7. The van der Waals surface area contributed by atoms with Crippen molar-refractivity contribution in [1.29, 1.82) is 0 Å². The monoisotopic (exact) mass is 362 g/mol. The van der Waals surface area contributed by atoms with Crippen LogP contribution >= 0.6 is 0 Å². The van der Waals surface area contributed by atoms with Gasteiger partial charge in [-0.1, -0.05) is 0 Å². The highest BCUT2D eigenvalue weighted by molar-refractivity contribution is 5.79. The lowest BCUT2D eigenvalue weighted by molar-refractivity contribution is 0.230. The van der Waals surface area contributed by atoms with Crippen LogP contribution in [0, 0.1) is 11.7 Å². The molecule has 1 heterocycles. The summed E-state index contributed by atoms with van der Waals surface area (Å²) in [4.78, 5) is 7.27. The summed E-state index contributed by atoms with van der Waals surface area (Å²) in [5.41, 5.74) is 0. The molecule has 1 saturated heterocycles. The summed E-state index contributed by atoms with van der Waals surface area (Å²) in [6.07, 6.45) is 3.96. The number of guanidine groups is 1. The molecule has 1 aromatic rings. The van der Waals surface area contributed by atoms with Gasteiger partial charge in [-0.3, -0.25) is 0 Å². The molecule has 26 heavy (non-hydrogen) atoms. The van der Waals surface area contributed by atoms with Crippen LogP contribution in [0.15, 0.2) is 29.3 Å². The second kappa shape index (κ2) is 9.21. The summed E-state index contributed by atoms with van der Waals surface area (Å²) in [6, 6.07) is 6.97. The fourth-order valence-electron chi connectivity index (χ4n) is 3.39. The van der Waals surface area contributed by atoms with Crippen LogP contribution in [0.5, 0.6) is 5.75 Å². The Morgan fingerprint density at radius 1 is 1.27 bits per heavy atom. The van der Waals surface area contributed by atoms with Crippen LogP contribution in [-0.4, -0.2) is 55.7 Å². The Hall–Kier alpha value is -1.82. The number of benzene rings is 1. The van der Waals surface area contributed by atoms with Gasteiger partial charge in [0.15, 0.2) is 5.96 Å². The molecular weight excluding hydrogens is 331 g/mol. The quantitative estimate of drug-likeness (QED) is 0.551. The third-order valence-corrected chi connectivity index (χ3v) is 4.94. The lowest BCUT2D eigenvalue weighted by atomic mass is 10.1. The first-order valence-electron chi connectivity index (χ1n) is 9.82. The lowest BCUT2D eigenvalue weighted by Gasteiger charge is -2.18. The molecule has 1 aliphatic carbocycles. The molecule has 2 fully saturated rings. The first kappa shape index (κ1) is 19.0. The molecule has 0 aromatic heterocycles. The lowest BCUT2D eigenvalue weighted by Crippen LogP contribution is -2.41. The smallest absolute Gasteiger partial charge is 0.191 e. The highest BCUT2D eigenvalue weighted by atomic mass is 19.1. The summed E-state index contributed by atoms with van der Waals surface area (Å²) in [5, 5.41) is 6.78. The normalized spacial score (nSPS) is 22.3. The molecule has 2 atom stereocenters. The SMILES string of the molecule is CCNC(=NCC(C)Oc1ccc(F)cc1)NCC1CCN(C2CC2)C1. The van der Waals surface area contributed by atoms with E-state index in [-0.39, 0.29) is 11.9 Å². The van der Waals surface area contributed by atoms with Crippen LogP contribution in [0.1, 0.15) is 33.1 Å². The summed E-state index contributed by atoms with van der Waals surface area (Å²) in [7, 11) is 0. The van der Waals surface area contributed by atoms with Crippen LogP contribution in [0.25, 0.3) is 0 Å². The molecule has 2 N–H and O–H groups in total. The molecule has 1 aliphatic heterocycles. The average Bonchev–Trinajstić information content (AvgIpc) is 3.38. The molecule has 6 heteroatoms. The van der Waals surface area contributed by atoms with E-state index in [9.17, 15) is 4.39 Å². The maximum absolute atomic E-state index is 13.0. The van der Waals surface area contributed by atoms with E-state index in [1.807, 2.05) is 6.92 Å². The number of hydrogen-bond acceptors (Lipinski definition) is 3. The fraction of sp³-hybridized carbons (Fsp3) is 0.650. The molecule has 0 radical (unpaired) electrons. The summed E-state index contributed by atoms with van der Waals surface area (Å²) in [6.45, 7) is 8.83. The molecule has 2 unspecified atom stereocenters. The molecule has 5 nitrogen and oxygen atoms in total. The predicted molar refractivity (Wildman–Crippen MR) is 103 cm³/mol. The van der Waals surface area contributed by atoms with Gasteiger partial charge in [0.1, 0.15) is 17.7 Å². The third kappa shape index (κ3) is 5.87. The van der Waals surface area contributed by atoms with Gasteiger partial charge in [-0.05, 0) is 69.8 Å². The van der Waals surface area contributed by atoms with Gasteiger partial charge in [0.05, 0.1) is 6.54 Å². The van der Waals surface area contributed by atoms with Crippen molar-refractivity contribution < 1.29 is 9.13 Å². The predicted octanol–water partition coefficient (Wildman–Crippen LogP) is 2.63.